The van der Waals surface area contributed by atoms with Gasteiger partial charge in [-0.3, -0.25) is 4.79 Å². The van der Waals surface area contributed by atoms with Gasteiger partial charge in [-0.2, -0.15) is 0 Å². The minimum Gasteiger partial charge on any atom is -0.368 e. The molecule has 2 nitrogen and oxygen atoms in total. The van der Waals surface area contributed by atoms with E-state index in [0.717, 1.165) is 0 Å². The maximum Gasteiger partial charge on any atom is 0.238 e. The zero-order chi connectivity index (χ0) is 10.6. The van der Waals surface area contributed by atoms with Crippen LogP contribution in [0.25, 0.3) is 0 Å². The fourth-order valence-electron chi connectivity index (χ4n) is 1.11. The van der Waals surface area contributed by atoms with Crippen LogP contribution < -0.4 is 0 Å². The van der Waals surface area contributed by atoms with Crippen LogP contribution in [0.4, 0.5) is 4.39 Å². The van der Waals surface area contributed by atoms with E-state index in [-0.39, 0.29) is 5.82 Å². The van der Waals surface area contributed by atoms with Crippen LogP contribution in [0.1, 0.15) is 11.7 Å². The second-order valence-corrected chi connectivity index (χ2v) is 2.68. The number of ether oxygens (including phenoxy) is 1. The van der Waals surface area contributed by atoms with Crippen molar-refractivity contribution in [3.8, 4) is 12.3 Å². The number of hydrogen-bond donors (Lipinski definition) is 0. The standard InChI is InChI=1S/C11H9FO2/c1-3-10(13)11(14-2)8-4-6-9(12)7-5-8/h1,4-7,11H,2H3. The number of carbonyl (C=O) groups excluding carboxylic acids is 1. The Morgan fingerprint density at radius 3 is 2.50 bits per heavy atom. The third kappa shape index (κ3) is 2.18. The third-order valence-electron chi connectivity index (χ3n) is 1.79. The molecule has 0 heterocycles. The second-order valence-electron chi connectivity index (χ2n) is 2.68. The molecule has 0 radical (unpaired) electrons. The van der Waals surface area contributed by atoms with Crippen LogP contribution in [-0.2, 0) is 9.53 Å². The van der Waals surface area contributed by atoms with Crippen molar-refractivity contribution in [3.05, 3.63) is 35.6 Å². The van der Waals surface area contributed by atoms with E-state index in [1.54, 1.807) is 0 Å². The van der Waals surface area contributed by atoms with Gasteiger partial charge in [0, 0.05) is 7.11 Å². The van der Waals surface area contributed by atoms with E-state index in [9.17, 15) is 9.18 Å². The van der Waals surface area contributed by atoms with Crippen LogP contribution >= 0.6 is 0 Å². The quantitative estimate of drug-likeness (QED) is 0.538. The number of hydrogen-bond acceptors (Lipinski definition) is 2. The zero-order valence-corrected chi connectivity index (χ0v) is 7.66. The van der Waals surface area contributed by atoms with Gasteiger partial charge in [-0.1, -0.05) is 12.1 Å². The van der Waals surface area contributed by atoms with Gasteiger partial charge in [0.25, 0.3) is 0 Å². The monoisotopic (exact) mass is 192 g/mol. The Morgan fingerprint density at radius 2 is 2.07 bits per heavy atom. The van der Waals surface area contributed by atoms with Gasteiger partial charge in [0.15, 0.2) is 6.10 Å². The van der Waals surface area contributed by atoms with Crippen LogP contribution in [0.2, 0.25) is 0 Å². The summed E-state index contributed by atoms with van der Waals surface area (Å²) in [6.07, 6.45) is 4.16. The van der Waals surface area contributed by atoms with E-state index >= 15 is 0 Å². The Bertz CT molecular complexity index is 362. The number of halogens is 1. The van der Waals surface area contributed by atoms with Crippen molar-refractivity contribution in [1.29, 1.82) is 0 Å². The number of rotatable bonds is 3. The molecule has 0 N–H and O–H groups in total. The summed E-state index contributed by atoms with van der Waals surface area (Å²) in [6, 6.07) is 5.45. The number of carbonyl (C=O) groups is 1. The molecule has 0 aliphatic heterocycles. The van der Waals surface area contributed by atoms with Crippen molar-refractivity contribution in [3.63, 3.8) is 0 Å². The number of benzene rings is 1. The highest BCUT2D eigenvalue weighted by atomic mass is 19.1. The first-order valence-electron chi connectivity index (χ1n) is 3.97. The molecule has 14 heavy (non-hydrogen) atoms. The number of ketones is 1. The average molecular weight is 192 g/mol. The minimum absolute atomic E-state index is 0.364. The summed E-state index contributed by atoms with van der Waals surface area (Å²) >= 11 is 0. The fourth-order valence-corrected chi connectivity index (χ4v) is 1.11. The van der Waals surface area contributed by atoms with Crippen molar-refractivity contribution in [1.82, 2.24) is 0 Å². The fraction of sp³-hybridized carbons (Fsp3) is 0.182. The van der Waals surface area contributed by atoms with Gasteiger partial charge in [-0.15, -0.1) is 6.42 Å². The van der Waals surface area contributed by atoms with Crippen LogP contribution in [-0.4, -0.2) is 12.9 Å². The highest BCUT2D eigenvalue weighted by molar-refractivity contribution is 5.99. The Balaban J connectivity index is 2.97. The van der Waals surface area contributed by atoms with Crippen LogP contribution in [0.15, 0.2) is 24.3 Å². The van der Waals surface area contributed by atoms with Crippen molar-refractivity contribution >= 4 is 5.78 Å². The lowest BCUT2D eigenvalue weighted by Gasteiger charge is -2.10. The first-order valence-corrected chi connectivity index (χ1v) is 3.97. The van der Waals surface area contributed by atoms with Gasteiger partial charge in [0.2, 0.25) is 5.78 Å². The van der Waals surface area contributed by atoms with Gasteiger partial charge < -0.3 is 4.74 Å². The molecular formula is C11H9FO2. The summed E-state index contributed by atoms with van der Waals surface area (Å²) in [5, 5.41) is 0. The molecule has 72 valence electrons. The maximum absolute atomic E-state index is 12.6. The summed E-state index contributed by atoms with van der Waals surface area (Å²) in [6.45, 7) is 0. The summed E-state index contributed by atoms with van der Waals surface area (Å²) in [7, 11) is 1.38. The highest BCUT2D eigenvalue weighted by Gasteiger charge is 2.17. The van der Waals surface area contributed by atoms with Crippen LogP contribution in [0, 0.1) is 18.2 Å². The first-order chi connectivity index (χ1) is 6.69. The topological polar surface area (TPSA) is 26.3 Å². The predicted octanol–water partition coefficient (Wildman–Crippen LogP) is 1.72. The SMILES string of the molecule is C#CC(=O)C(OC)c1ccc(F)cc1. The molecular weight excluding hydrogens is 183 g/mol. The lowest BCUT2D eigenvalue weighted by molar-refractivity contribution is -0.123. The second kappa shape index (κ2) is 4.54. The predicted molar refractivity (Wildman–Crippen MR) is 50.0 cm³/mol. The van der Waals surface area contributed by atoms with Gasteiger partial charge >= 0.3 is 0 Å². The zero-order valence-electron chi connectivity index (χ0n) is 7.66. The van der Waals surface area contributed by atoms with Gasteiger partial charge in [-0.25, -0.2) is 4.39 Å². The summed E-state index contributed by atoms with van der Waals surface area (Å²) in [5.41, 5.74) is 0.553. The first kappa shape index (κ1) is 10.4. The van der Waals surface area contributed by atoms with E-state index in [0.29, 0.717) is 5.56 Å². The van der Waals surface area contributed by atoms with Crippen molar-refractivity contribution in [2.45, 2.75) is 6.10 Å². The number of terminal acetylenes is 1. The molecule has 0 aliphatic rings. The van der Waals surface area contributed by atoms with E-state index < -0.39 is 11.9 Å². The molecule has 1 atom stereocenters. The van der Waals surface area contributed by atoms with Crippen LogP contribution in [0.3, 0.4) is 0 Å². The normalized spacial score (nSPS) is 11.8. The minimum atomic E-state index is -0.805. The highest BCUT2D eigenvalue weighted by Crippen LogP contribution is 2.17. The Hall–Kier alpha value is -1.66. The van der Waals surface area contributed by atoms with E-state index in [4.69, 9.17) is 11.2 Å². The molecule has 0 fully saturated rings. The molecule has 0 saturated heterocycles. The Morgan fingerprint density at radius 1 is 1.50 bits per heavy atom. The molecule has 0 aromatic heterocycles. The molecule has 1 rings (SSSR count). The molecule has 0 amide bonds. The van der Waals surface area contributed by atoms with Crippen molar-refractivity contribution < 1.29 is 13.9 Å². The summed E-state index contributed by atoms with van der Waals surface area (Å²) in [5.74, 6) is 1.13. The summed E-state index contributed by atoms with van der Waals surface area (Å²) in [4.78, 5) is 11.2. The molecule has 0 spiro atoms. The molecule has 0 aliphatic carbocycles. The molecule has 1 aromatic carbocycles. The smallest absolute Gasteiger partial charge is 0.238 e. The third-order valence-corrected chi connectivity index (χ3v) is 1.79. The lowest BCUT2D eigenvalue weighted by atomic mass is 10.1. The molecule has 0 bridgehead atoms. The van der Waals surface area contributed by atoms with E-state index in [2.05, 4.69) is 0 Å². The molecule has 1 aromatic rings. The largest absolute Gasteiger partial charge is 0.368 e. The van der Waals surface area contributed by atoms with Gasteiger partial charge in [0.05, 0.1) is 0 Å². The maximum atomic E-state index is 12.6. The number of methoxy groups -OCH3 is 1. The number of Topliss-reactive ketones (excluding diaryl/α,β-unsaturated/α-hetero) is 1. The van der Waals surface area contributed by atoms with Crippen LogP contribution in [0.5, 0.6) is 0 Å². The van der Waals surface area contributed by atoms with Gasteiger partial charge in [-0.05, 0) is 23.6 Å². The van der Waals surface area contributed by atoms with Crippen molar-refractivity contribution in [2.24, 2.45) is 0 Å². The summed E-state index contributed by atoms with van der Waals surface area (Å²) < 4.78 is 17.5. The molecule has 0 saturated carbocycles. The van der Waals surface area contributed by atoms with Gasteiger partial charge in [0.1, 0.15) is 5.82 Å². The lowest BCUT2D eigenvalue weighted by Crippen LogP contribution is -2.12. The molecule has 3 heteroatoms. The van der Waals surface area contributed by atoms with Crippen molar-refractivity contribution in [2.75, 3.05) is 7.11 Å². The Labute approximate surface area is 81.7 Å². The van der Waals surface area contributed by atoms with E-state index in [1.807, 2.05) is 5.92 Å². The molecule has 1 unspecified atom stereocenters. The van der Waals surface area contributed by atoms with E-state index in [1.165, 1.54) is 31.4 Å². The average Bonchev–Trinajstić information content (AvgIpc) is 2.21. The Kier molecular flexibility index (Phi) is 3.38.